The molecule has 0 saturated carbocycles. The maximum absolute atomic E-state index is 5.72. The monoisotopic (exact) mass is 235 g/mol. The van der Waals surface area contributed by atoms with Crippen molar-refractivity contribution in [3.63, 3.8) is 0 Å². The molecular formula is C12H26ClNO. The van der Waals surface area contributed by atoms with E-state index >= 15 is 0 Å². The summed E-state index contributed by atoms with van der Waals surface area (Å²) in [4.78, 5) is 0. The topological polar surface area (TPSA) is 21.3 Å². The molecule has 0 aromatic rings. The molecule has 1 atom stereocenters. The molecule has 92 valence electrons. The molecule has 1 unspecified atom stereocenters. The Labute approximate surface area is 99.7 Å². The standard InChI is InChI=1S/C12H26ClNO/c1-11(2)10-15-8-7-14-6-4-5-12(3)9-13/h11-12,14H,4-10H2,1-3H3. The molecule has 0 amide bonds. The van der Waals surface area contributed by atoms with Crippen LogP contribution in [0.3, 0.4) is 0 Å². The van der Waals surface area contributed by atoms with Crippen molar-refractivity contribution in [2.75, 3.05) is 32.2 Å². The molecule has 0 heterocycles. The van der Waals surface area contributed by atoms with Gasteiger partial charge in [-0.05, 0) is 31.2 Å². The van der Waals surface area contributed by atoms with E-state index < -0.39 is 0 Å². The van der Waals surface area contributed by atoms with Crippen LogP contribution in [0, 0.1) is 11.8 Å². The molecule has 1 N–H and O–H groups in total. The van der Waals surface area contributed by atoms with E-state index in [4.69, 9.17) is 16.3 Å². The third kappa shape index (κ3) is 12.1. The molecule has 15 heavy (non-hydrogen) atoms. The van der Waals surface area contributed by atoms with E-state index in [1.165, 1.54) is 12.8 Å². The number of nitrogens with one attached hydrogen (secondary N) is 1. The Bertz CT molecular complexity index is 131. The van der Waals surface area contributed by atoms with Gasteiger partial charge in [0.15, 0.2) is 0 Å². The van der Waals surface area contributed by atoms with Crippen molar-refractivity contribution < 1.29 is 4.74 Å². The Morgan fingerprint density at radius 2 is 1.93 bits per heavy atom. The Morgan fingerprint density at radius 3 is 2.53 bits per heavy atom. The van der Waals surface area contributed by atoms with Crippen LogP contribution in [0.25, 0.3) is 0 Å². The maximum atomic E-state index is 5.72. The molecule has 0 aliphatic rings. The zero-order valence-electron chi connectivity index (χ0n) is 10.4. The van der Waals surface area contributed by atoms with Gasteiger partial charge in [0.25, 0.3) is 0 Å². The average Bonchev–Trinajstić information content (AvgIpc) is 2.21. The molecule has 0 aliphatic heterocycles. The largest absolute Gasteiger partial charge is 0.380 e. The van der Waals surface area contributed by atoms with Crippen molar-refractivity contribution in [2.24, 2.45) is 11.8 Å². The van der Waals surface area contributed by atoms with Crippen molar-refractivity contribution >= 4 is 11.6 Å². The lowest BCUT2D eigenvalue weighted by Crippen LogP contribution is -2.22. The second-order valence-electron chi connectivity index (χ2n) is 4.62. The minimum atomic E-state index is 0.634. The van der Waals surface area contributed by atoms with Crippen LogP contribution in [0.15, 0.2) is 0 Å². The summed E-state index contributed by atoms with van der Waals surface area (Å²) in [7, 11) is 0. The van der Waals surface area contributed by atoms with Crippen LogP contribution in [0.4, 0.5) is 0 Å². The zero-order valence-corrected chi connectivity index (χ0v) is 11.1. The average molecular weight is 236 g/mol. The second-order valence-corrected chi connectivity index (χ2v) is 4.93. The summed E-state index contributed by atoms with van der Waals surface area (Å²) in [5.41, 5.74) is 0. The van der Waals surface area contributed by atoms with Crippen molar-refractivity contribution in [1.29, 1.82) is 0 Å². The van der Waals surface area contributed by atoms with Gasteiger partial charge in [0.1, 0.15) is 0 Å². The van der Waals surface area contributed by atoms with Gasteiger partial charge < -0.3 is 10.1 Å². The quantitative estimate of drug-likeness (QED) is 0.465. The summed E-state index contributed by atoms with van der Waals surface area (Å²) < 4.78 is 5.46. The van der Waals surface area contributed by atoms with E-state index in [0.717, 1.165) is 32.2 Å². The first-order valence-electron chi connectivity index (χ1n) is 6.01. The molecule has 0 rings (SSSR count). The van der Waals surface area contributed by atoms with E-state index in [-0.39, 0.29) is 0 Å². The van der Waals surface area contributed by atoms with E-state index in [2.05, 4.69) is 26.1 Å². The van der Waals surface area contributed by atoms with E-state index in [1.54, 1.807) is 0 Å². The lowest BCUT2D eigenvalue weighted by Gasteiger charge is -2.09. The molecule has 0 bridgehead atoms. The van der Waals surface area contributed by atoms with Crippen molar-refractivity contribution in [2.45, 2.75) is 33.6 Å². The third-order valence-corrected chi connectivity index (χ3v) is 2.72. The van der Waals surface area contributed by atoms with Gasteiger partial charge in [0.2, 0.25) is 0 Å². The first-order valence-corrected chi connectivity index (χ1v) is 6.54. The SMILES string of the molecule is CC(C)COCCNCCCC(C)CCl. The van der Waals surface area contributed by atoms with Gasteiger partial charge >= 0.3 is 0 Å². The number of ether oxygens (including phenoxy) is 1. The Hall–Kier alpha value is 0.210. The molecule has 2 nitrogen and oxygen atoms in total. The van der Waals surface area contributed by atoms with E-state index in [1.807, 2.05) is 0 Å². The second kappa shape index (κ2) is 10.7. The third-order valence-electron chi connectivity index (χ3n) is 2.19. The van der Waals surface area contributed by atoms with Crippen LogP contribution in [0.5, 0.6) is 0 Å². The summed E-state index contributed by atoms with van der Waals surface area (Å²) in [6.07, 6.45) is 2.42. The van der Waals surface area contributed by atoms with Gasteiger partial charge in [-0.25, -0.2) is 0 Å². The lowest BCUT2D eigenvalue weighted by molar-refractivity contribution is 0.112. The van der Waals surface area contributed by atoms with Gasteiger partial charge in [-0.1, -0.05) is 20.8 Å². The van der Waals surface area contributed by atoms with E-state index in [0.29, 0.717) is 11.8 Å². The number of rotatable bonds is 10. The summed E-state index contributed by atoms with van der Waals surface area (Å²) in [6, 6.07) is 0. The molecular weight excluding hydrogens is 210 g/mol. The van der Waals surface area contributed by atoms with Crippen molar-refractivity contribution in [3.05, 3.63) is 0 Å². The fourth-order valence-electron chi connectivity index (χ4n) is 1.24. The minimum Gasteiger partial charge on any atom is -0.380 e. The first kappa shape index (κ1) is 15.2. The highest BCUT2D eigenvalue weighted by Gasteiger charge is 1.98. The Balaban J connectivity index is 2.99. The Morgan fingerprint density at radius 1 is 1.20 bits per heavy atom. The van der Waals surface area contributed by atoms with Crippen molar-refractivity contribution in [3.8, 4) is 0 Å². The first-order chi connectivity index (χ1) is 7.16. The summed E-state index contributed by atoms with van der Waals surface area (Å²) in [5.74, 6) is 2.05. The van der Waals surface area contributed by atoms with Gasteiger partial charge in [-0.15, -0.1) is 11.6 Å². The van der Waals surface area contributed by atoms with Crippen LogP contribution in [-0.2, 0) is 4.74 Å². The fraction of sp³-hybridized carbons (Fsp3) is 1.00. The number of hydrogen-bond acceptors (Lipinski definition) is 2. The molecule has 3 heteroatoms. The molecule has 0 aromatic carbocycles. The highest BCUT2D eigenvalue weighted by molar-refractivity contribution is 6.18. The predicted octanol–water partition coefficient (Wildman–Crippen LogP) is 2.90. The predicted molar refractivity (Wildman–Crippen MR) is 67.6 cm³/mol. The van der Waals surface area contributed by atoms with Crippen LogP contribution in [-0.4, -0.2) is 32.2 Å². The summed E-state index contributed by atoms with van der Waals surface area (Å²) >= 11 is 5.72. The van der Waals surface area contributed by atoms with Crippen LogP contribution in [0.2, 0.25) is 0 Å². The maximum Gasteiger partial charge on any atom is 0.0591 e. The van der Waals surface area contributed by atoms with E-state index in [9.17, 15) is 0 Å². The Kier molecular flexibility index (Phi) is 10.9. The molecule has 0 aliphatic carbocycles. The smallest absolute Gasteiger partial charge is 0.0591 e. The van der Waals surface area contributed by atoms with Crippen LogP contribution < -0.4 is 5.32 Å². The fourth-order valence-corrected chi connectivity index (χ4v) is 1.40. The molecule has 0 aromatic heterocycles. The highest BCUT2D eigenvalue weighted by atomic mass is 35.5. The minimum absolute atomic E-state index is 0.634. The molecule has 0 saturated heterocycles. The van der Waals surface area contributed by atoms with Crippen LogP contribution in [0.1, 0.15) is 33.6 Å². The number of hydrogen-bond donors (Lipinski definition) is 1. The van der Waals surface area contributed by atoms with Gasteiger partial charge in [0.05, 0.1) is 6.61 Å². The number of alkyl halides is 1. The highest BCUT2D eigenvalue weighted by Crippen LogP contribution is 2.05. The lowest BCUT2D eigenvalue weighted by atomic mass is 10.1. The molecule has 0 spiro atoms. The van der Waals surface area contributed by atoms with Gasteiger partial charge in [-0.2, -0.15) is 0 Å². The normalized spacial score (nSPS) is 13.4. The van der Waals surface area contributed by atoms with Crippen molar-refractivity contribution in [1.82, 2.24) is 5.32 Å². The summed E-state index contributed by atoms with van der Waals surface area (Å²) in [5, 5.41) is 3.37. The molecule has 0 fully saturated rings. The molecule has 0 radical (unpaired) electrons. The summed E-state index contributed by atoms with van der Waals surface area (Å²) in [6.45, 7) is 10.3. The zero-order chi connectivity index (χ0) is 11.5. The van der Waals surface area contributed by atoms with Gasteiger partial charge in [-0.3, -0.25) is 0 Å². The number of halogens is 1. The van der Waals surface area contributed by atoms with Gasteiger partial charge in [0, 0.05) is 19.0 Å². The van der Waals surface area contributed by atoms with Crippen LogP contribution >= 0.6 is 11.6 Å².